The van der Waals surface area contributed by atoms with Crippen LogP contribution in [0.2, 0.25) is 0 Å². The fourth-order valence-corrected chi connectivity index (χ4v) is 2.00. The molecule has 0 aromatic carbocycles. The van der Waals surface area contributed by atoms with Crippen molar-refractivity contribution in [3.8, 4) is 0 Å². The van der Waals surface area contributed by atoms with Gasteiger partial charge in [0.05, 0.1) is 0 Å². The second kappa shape index (κ2) is 4.40. The lowest BCUT2D eigenvalue weighted by molar-refractivity contribution is 0.0972. The molecule has 3 heteroatoms. The van der Waals surface area contributed by atoms with E-state index in [1.165, 1.54) is 0 Å². The van der Waals surface area contributed by atoms with E-state index in [-0.39, 0.29) is 5.54 Å². The molecule has 0 aromatic rings. The Morgan fingerprint density at radius 2 is 2.31 bits per heavy atom. The summed E-state index contributed by atoms with van der Waals surface area (Å²) in [5.74, 6) is 0. The lowest BCUT2D eigenvalue weighted by Crippen LogP contribution is -2.53. The van der Waals surface area contributed by atoms with E-state index in [1.807, 2.05) is 0 Å². The molecule has 0 saturated carbocycles. The molecule has 0 amide bonds. The molecule has 0 aromatic heterocycles. The van der Waals surface area contributed by atoms with Gasteiger partial charge < -0.3 is 15.4 Å². The van der Waals surface area contributed by atoms with Crippen molar-refractivity contribution in [2.75, 3.05) is 27.3 Å². The summed E-state index contributed by atoms with van der Waals surface area (Å²) in [4.78, 5) is 2.37. The van der Waals surface area contributed by atoms with Gasteiger partial charge in [0.15, 0.2) is 0 Å². The largest absolute Gasteiger partial charge is 0.385 e. The minimum Gasteiger partial charge on any atom is -0.385 e. The molecule has 2 unspecified atom stereocenters. The standard InChI is InChI=1S/C10H22N2O/c1-9-8-10(11,5-7-13-3)4-6-12(9)2/h9H,4-8,11H2,1-3H3. The third-order valence-corrected chi connectivity index (χ3v) is 3.22. The monoisotopic (exact) mass is 186 g/mol. The molecular formula is C10H22N2O. The zero-order valence-electron chi connectivity index (χ0n) is 9.05. The van der Waals surface area contributed by atoms with Crippen LogP contribution in [0.3, 0.4) is 0 Å². The maximum absolute atomic E-state index is 6.29. The zero-order valence-corrected chi connectivity index (χ0v) is 9.05. The lowest BCUT2D eigenvalue weighted by Gasteiger charge is -2.42. The molecule has 1 aliphatic rings. The zero-order chi connectivity index (χ0) is 9.90. The van der Waals surface area contributed by atoms with Crippen molar-refractivity contribution in [3.05, 3.63) is 0 Å². The van der Waals surface area contributed by atoms with E-state index < -0.39 is 0 Å². The summed E-state index contributed by atoms with van der Waals surface area (Å²) in [7, 11) is 3.91. The van der Waals surface area contributed by atoms with Crippen LogP contribution in [0.25, 0.3) is 0 Å². The first kappa shape index (κ1) is 11.0. The molecule has 2 atom stereocenters. The van der Waals surface area contributed by atoms with Gasteiger partial charge in [0.1, 0.15) is 0 Å². The van der Waals surface area contributed by atoms with Gasteiger partial charge >= 0.3 is 0 Å². The highest BCUT2D eigenvalue weighted by Crippen LogP contribution is 2.26. The number of rotatable bonds is 3. The molecule has 0 bridgehead atoms. The van der Waals surface area contributed by atoms with Gasteiger partial charge in [-0.2, -0.15) is 0 Å². The summed E-state index contributed by atoms with van der Waals surface area (Å²) in [6.07, 6.45) is 3.17. The minimum atomic E-state index is 0.0158. The Morgan fingerprint density at radius 1 is 1.62 bits per heavy atom. The molecule has 1 aliphatic heterocycles. The molecule has 1 heterocycles. The number of nitrogens with two attached hydrogens (primary N) is 1. The fraction of sp³-hybridized carbons (Fsp3) is 1.00. The van der Waals surface area contributed by atoms with Gasteiger partial charge in [-0.1, -0.05) is 0 Å². The van der Waals surface area contributed by atoms with Crippen LogP contribution in [-0.4, -0.2) is 43.8 Å². The van der Waals surface area contributed by atoms with Gasteiger partial charge in [-0.25, -0.2) is 0 Å². The Hall–Kier alpha value is -0.120. The fourth-order valence-electron chi connectivity index (χ4n) is 2.00. The number of ether oxygens (including phenoxy) is 1. The molecule has 0 spiro atoms. The lowest BCUT2D eigenvalue weighted by atomic mass is 9.82. The van der Waals surface area contributed by atoms with E-state index >= 15 is 0 Å². The van der Waals surface area contributed by atoms with Crippen LogP contribution in [0.1, 0.15) is 26.2 Å². The van der Waals surface area contributed by atoms with E-state index in [0.29, 0.717) is 6.04 Å². The van der Waals surface area contributed by atoms with Gasteiger partial charge in [-0.15, -0.1) is 0 Å². The maximum Gasteiger partial charge on any atom is 0.0479 e. The SMILES string of the molecule is COCCC1(N)CCN(C)C(C)C1. The highest BCUT2D eigenvalue weighted by atomic mass is 16.5. The Bertz CT molecular complexity index is 159. The van der Waals surface area contributed by atoms with E-state index in [9.17, 15) is 0 Å². The molecule has 1 rings (SSSR count). The first-order chi connectivity index (χ1) is 6.07. The molecular weight excluding hydrogens is 164 g/mol. The minimum absolute atomic E-state index is 0.0158. The normalized spacial score (nSPS) is 36.5. The summed E-state index contributed by atoms with van der Waals surface area (Å²) in [5, 5.41) is 0. The van der Waals surface area contributed by atoms with E-state index in [2.05, 4.69) is 18.9 Å². The smallest absolute Gasteiger partial charge is 0.0479 e. The molecule has 2 N–H and O–H groups in total. The quantitative estimate of drug-likeness (QED) is 0.709. The van der Waals surface area contributed by atoms with Crippen molar-refractivity contribution in [2.45, 2.75) is 37.8 Å². The van der Waals surface area contributed by atoms with Crippen molar-refractivity contribution in [2.24, 2.45) is 5.73 Å². The Kier molecular flexibility index (Phi) is 3.71. The third kappa shape index (κ3) is 2.93. The molecule has 0 radical (unpaired) electrons. The molecule has 13 heavy (non-hydrogen) atoms. The predicted molar refractivity (Wildman–Crippen MR) is 54.7 cm³/mol. The van der Waals surface area contributed by atoms with Crippen LogP contribution < -0.4 is 5.73 Å². The van der Waals surface area contributed by atoms with Crippen molar-refractivity contribution < 1.29 is 4.74 Å². The summed E-state index contributed by atoms with van der Waals surface area (Å²) in [5.41, 5.74) is 6.31. The second-order valence-corrected chi connectivity index (χ2v) is 4.39. The summed E-state index contributed by atoms with van der Waals surface area (Å²) >= 11 is 0. The topological polar surface area (TPSA) is 38.5 Å². The summed E-state index contributed by atoms with van der Waals surface area (Å²) < 4.78 is 5.08. The molecule has 1 fully saturated rings. The van der Waals surface area contributed by atoms with Crippen molar-refractivity contribution in [1.82, 2.24) is 4.90 Å². The summed E-state index contributed by atoms with van der Waals surface area (Å²) in [6, 6.07) is 0.607. The molecule has 1 saturated heterocycles. The number of piperidine rings is 1. The number of methoxy groups -OCH3 is 1. The maximum atomic E-state index is 6.29. The van der Waals surface area contributed by atoms with Gasteiger partial charge in [0.2, 0.25) is 0 Å². The second-order valence-electron chi connectivity index (χ2n) is 4.39. The average Bonchev–Trinajstić information content (AvgIpc) is 2.09. The molecule has 78 valence electrons. The number of hydrogen-bond acceptors (Lipinski definition) is 3. The van der Waals surface area contributed by atoms with Crippen LogP contribution in [0.5, 0.6) is 0 Å². The first-order valence-corrected chi connectivity index (χ1v) is 5.05. The van der Waals surface area contributed by atoms with Gasteiger partial charge in [-0.05, 0) is 39.8 Å². The third-order valence-electron chi connectivity index (χ3n) is 3.22. The summed E-state index contributed by atoms with van der Waals surface area (Å²) in [6.45, 7) is 4.14. The van der Waals surface area contributed by atoms with Crippen LogP contribution in [0.15, 0.2) is 0 Å². The van der Waals surface area contributed by atoms with Crippen molar-refractivity contribution in [1.29, 1.82) is 0 Å². The number of hydrogen-bond donors (Lipinski definition) is 1. The molecule has 0 aliphatic carbocycles. The Balaban J connectivity index is 2.41. The van der Waals surface area contributed by atoms with Crippen LogP contribution in [0, 0.1) is 0 Å². The first-order valence-electron chi connectivity index (χ1n) is 5.05. The Morgan fingerprint density at radius 3 is 2.85 bits per heavy atom. The average molecular weight is 186 g/mol. The highest BCUT2D eigenvalue weighted by molar-refractivity contribution is 4.92. The highest BCUT2D eigenvalue weighted by Gasteiger charge is 2.32. The van der Waals surface area contributed by atoms with E-state index in [4.69, 9.17) is 10.5 Å². The van der Waals surface area contributed by atoms with Crippen molar-refractivity contribution in [3.63, 3.8) is 0 Å². The van der Waals surface area contributed by atoms with E-state index in [0.717, 1.165) is 32.4 Å². The van der Waals surface area contributed by atoms with Gasteiger partial charge in [0, 0.05) is 25.3 Å². The van der Waals surface area contributed by atoms with E-state index in [1.54, 1.807) is 7.11 Å². The van der Waals surface area contributed by atoms with Gasteiger partial charge in [0.25, 0.3) is 0 Å². The van der Waals surface area contributed by atoms with Crippen molar-refractivity contribution >= 4 is 0 Å². The van der Waals surface area contributed by atoms with Crippen LogP contribution >= 0.6 is 0 Å². The van der Waals surface area contributed by atoms with Crippen LogP contribution in [-0.2, 0) is 4.74 Å². The number of nitrogens with zero attached hydrogens (tertiary/aromatic N) is 1. The predicted octanol–water partition coefficient (Wildman–Crippen LogP) is 0.835. The molecule has 3 nitrogen and oxygen atoms in total. The number of likely N-dealkylation sites (tertiary alicyclic amines) is 1. The van der Waals surface area contributed by atoms with Gasteiger partial charge in [-0.3, -0.25) is 0 Å². The van der Waals surface area contributed by atoms with Crippen LogP contribution in [0.4, 0.5) is 0 Å². The Labute approximate surface area is 81.2 Å².